The molecule has 0 heterocycles. The molecule has 0 aliphatic heterocycles. The van der Waals surface area contributed by atoms with Gasteiger partial charge in [-0.25, -0.2) is 0 Å². The van der Waals surface area contributed by atoms with Gasteiger partial charge in [0.25, 0.3) is 0 Å². The van der Waals surface area contributed by atoms with Crippen LogP contribution in [-0.2, 0) is 4.79 Å². The quantitative estimate of drug-likeness (QED) is 0.775. The molecule has 0 aromatic rings. The molecule has 0 saturated heterocycles. The summed E-state index contributed by atoms with van der Waals surface area (Å²) in [6.07, 6.45) is 5.75. The van der Waals surface area contributed by atoms with Crippen molar-refractivity contribution in [1.82, 2.24) is 0 Å². The van der Waals surface area contributed by atoms with Gasteiger partial charge in [-0.3, -0.25) is 4.79 Å². The maximum Gasteiger partial charge on any atom is 0.309 e. The van der Waals surface area contributed by atoms with E-state index in [1.807, 2.05) is 0 Å². The van der Waals surface area contributed by atoms with Crippen LogP contribution in [0.25, 0.3) is 0 Å². The van der Waals surface area contributed by atoms with Gasteiger partial charge in [-0.15, -0.1) is 0 Å². The number of aliphatic carboxylic acids is 1. The highest BCUT2D eigenvalue weighted by atomic mass is 16.4. The molecule has 0 radical (unpaired) electrons. The predicted octanol–water partition coefficient (Wildman–Crippen LogP) is 2.39. The van der Waals surface area contributed by atoms with Gasteiger partial charge in [-0.2, -0.15) is 0 Å². The zero-order valence-electron chi connectivity index (χ0n) is 10.8. The fraction of sp³-hybridized carbons (Fsp3) is 0.929. The van der Waals surface area contributed by atoms with E-state index >= 15 is 0 Å². The van der Waals surface area contributed by atoms with Crippen molar-refractivity contribution < 1.29 is 9.90 Å². The first-order chi connectivity index (χ1) is 7.79. The van der Waals surface area contributed by atoms with E-state index in [9.17, 15) is 9.90 Å². The van der Waals surface area contributed by atoms with Crippen molar-refractivity contribution in [3.05, 3.63) is 0 Å². The van der Waals surface area contributed by atoms with Crippen molar-refractivity contribution >= 4 is 5.97 Å². The molecule has 3 nitrogen and oxygen atoms in total. The average Bonchev–Trinajstić information content (AvgIpc) is 2.12. The highest BCUT2D eigenvalue weighted by Crippen LogP contribution is 2.67. The number of carboxylic acid groups (broad SMARTS) is 1. The van der Waals surface area contributed by atoms with Gasteiger partial charge in [0.15, 0.2) is 0 Å². The van der Waals surface area contributed by atoms with Crippen LogP contribution >= 0.6 is 0 Å². The van der Waals surface area contributed by atoms with Crippen LogP contribution in [-0.4, -0.2) is 16.6 Å². The number of carboxylic acids is 1. The third-order valence-corrected chi connectivity index (χ3v) is 5.83. The second kappa shape index (κ2) is 3.05. The molecule has 3 N–H and O–H groups in total. The molecule has 0 amide bonds. The van der Waals surface area contributed by atoms with Crippen LogP contribution < -0.4 is 5.73 Å². The van der Waals surface area contributed by atoms with Crippen molar-refractivity contribution in [3.8, 4) is 0 Å². The molecule has 4 aliphatic rings. The van der Waals surface area contributed by atoms with E-state index in [4.69, 9.17) is 5.73 Å². The fourth-order valence-electron chi connectivity index (χ4n) is 5.47. The third kappa shape index (κ3) is 1.41. The Bertz CT molecular complexity index is 380. The van der Waals surface area contributed by atoms with Crippen LogP contribution in [0.2, 0.25) is 0 Å². The Balaban J connectivity index is 2.06. The molecule has 0 aromatic heterocycles. The Labute approximate surface area is 103 Å². The Kier molecular flexibility index (Phi) is 2.07. The standard InChI is InChI=1S/C14H23NO2/c1-9(2)12-3-10-4-13(6-12,11(16)17)8-14(15,5-10)7-12/h9-10H,3-8,15H2,1-2H3,(H,16,17)/t10-,12-,13+,14-/m1/s1. The Morgan fingerprint density at radius 3 is 2.47 bits per heavy atom. The predicted molar refractivity (Wildman–Crippen MR) is 65.5 cm³/mol. The summed E-state index contributed by atoms with van der Waals surface area (Å²) in [6, 6.07) is 0. The lowest BCUT2D eigenvalue weighted by Crippen LogP contribution is -2.66. The molecule has 17 heavy (non-hydrogen) atoms. The molecular weight excluding hydrogens is 214 g/mol. The molecule has 3 heteroatoms. The molecular formula is C14H23NO2. The van der Waals surface area contributed by atoms with E-state index in [1.165, 1.54) is 6.42 Å². The zero-order valence-corrected chi connectivity index (χ0v) is 10.8. The van der Waals surface area contributed by atoms with Gasteiger partial charge >= 0.3 is 5.97 Å². The molecule has 96 valence electrons. The molecule has 4 atom stereocenters. The van der Waals surface area contributed by atoms with Crippen LogP contribution in [0.15, 0.2) is 0 Å². The van der Waals surface area contributed by atoms with E-state index in [2.05, 4.69) is 13.8 Å². The summed E-state index contributed by atoms with van der Waals surface area (Å²) < 4.78 is 0. The lowest BCUT2D eigenvalue weighted by Gasteiger charge is -2.65. The van der Waals surface area contributed by atoms with Crippen LogP contribution in [0.5, 0.6) is 0 Å². The maximum atomic E-state index is 11.7. The molecule has 4 fully saturated rings. The number of carbonyl (C=O) groups is 1. The van der Waals surface area contributed by atoms with Crippen LogP contribution in [0.3, 0.4) is 0 Å². The second-order valence-electron chi connectivity index (χ2n) is 7.47. The lowest BCUT2D eigenvalue weighted by molar-refractivity contribution is -0.183. The molecule has 0 unspecified atom stereocenters. The molecule has 4 saturated carbocycles. The smallest absolute Gasteiger partial charge is 0.309 e. The van der Waals surface area contributed by atoms with E-state index in [-0.39, 0.29) is 11.0 Å². The SMILES string of the molecule is CC(C)[C@]12C[C@H]3C[C@](N)(C[C@](C(=O)O)(C3)C1)C2. The Hall–Kier alpha value is -0.570. The highest BCUT2D eigenvalue weighted by molar-refractivity contribution is 5.76. The van der Waals surface area contributed by atoms with Gasteiger partial charge in [0.05, 0.1) is 5.41 Å². The number of nitrogens with two attached hydrogens (primary N) is 1. The van der Waals surface area contributed by atoms with E-state index < -0.39 is 11.4 Å². The summed E-state index contributed by atoms with van der Waals surface area (Å²) in [5.41, 5.74) is 6.01. The van der Waals surface area contributed by atoms with Crippen LogP contribution in [0.1, 0.15) is 52.4 Å². The summed E-state index contributed by atoms with van der Waals surface area (Å²) >= 11 is 0. The van der Waals surface area contributed by atoms with Crippen molar-refractivity contribution in [1.29, 1.82) is 0 Å². The largest absolute Gasteiger partial charge is 0.481 e. The highest BCUT2D eigenvalue weighted by Gasteiger charge is 2.65. The minimum absolute atomic E-state index is 0.192. The van der Waals surface area contributed by atoms with Gasteiger partial charge in [0.1, 0.15) is 0 Å². The summed E-state index contributed by atoms with van der Waals surface area (Å²) in [7, 11) is 0. The molecule has 0 aromatic carbocycles. The first kappa shape index (κ1) is 11.5. The number of hydrogen-bond acceptors (Lipinski definition) is 2. The molecule has 4 bridgehead atoms. The summed E-state index contributed by atoms with van der Waals surface area (Å²) in [6.45, 7) is 4.48. The Morgan fingerprint density at radius 1 is 1.24 bits per heavy atom. The lowest BCUT2D eigenvalue weighted by atomic mass is 9.40. The van der Waals surface area contributed by atoms with Crippen molar-refractivity contribution in [2.75, 3.05) is 0 Å². The van der Waals surface area contributed by atoms with Gasteiger partial charge in [0.2, 0.25) is 0 Å². The minimum Gasteiger partial charge on any atom is -0.481 e. The first-order valence-corrected chi connectivity index (χ1v) is 6.82. The second-order valence-corrected chi connectivity index (χ2v) is 7.47. The monoisotopic (exact) mass is 237 g/mol. The average molecular weight is 237 g/mol. The maximum absolute atomic E-state index is 11.7. The first-order valence-electron chi connectivity index (χ1n) is 6.82. The van der Waals surface area contributed by atoms with E-state index in [0.717, 1.165) is 25.7 Å². The van der Waals surface area contributed by atoms with Crippen molar-refractivity contribution in [2.24, 2.45) is 28.4 Å². The molecule has 4 rings (SSSR count). The number of hydrogen-bond donors (Lipinski definition) is 2. The van der Waals surface area contributed by atoms with Gasteiger partial charge in [0, 0.05) is 5.54 Å². The minimum atomic E-state index is -0.596. The van der Waals surface area contributed by atoms with Crippen molar-refractivity contribution in [2.45, 2.75) is 57.9 Å². The fourth-order valence-corrected chi connectivity index (χ4v) is 5.47. The van der Waals surface area contributed by atoms with Gasteiger partial charge in [-0.05, 0) is 55.8 Å². The summed E-state index contributed by atoms with van der Waals surface area (Å²) in [4.78, 5) is 11.7. The summed E-state index contributed by atoms with van der Waals surface area (Å²) in [5.74, 6) is 0.503. The third-order valence-electron chi connectivity index (χ3n) is 5.83. The summed E-state index contributed by atoms with van der Waals surface area (Å²) in [5, 5.41) is 9.63. The van der Waals surface area contributed by atoms with E-state index in [1.54, 1.807) is 0 Å². The number of rotatable bonds is 2. The van der Waals surface area contributed by atoms with Gasteiger partial charge < -0.3 is 10.8 Å². The van der Waals surface area contributed by atoms with Crippen LogP contribution in [0, 0.1) is 22.7 Å². The topological polar surface area (TPSA) is 63.3 Å². The van der Waals surface area contributed by atoms with Crippen molar-refractivity contribution in [3.63, 3.8) is 0 Å². The van der Waals surface area contributed by atoms with Crippen LogP contribution in [0.4, 0.5) is 0 Å². The molecule has 4 aliphatic carbocycles. The zero-order chi connectivity index (χ0) is 12.5. The molecule has 0 spiro atoms. The van der Waals surface area contributed by atoms with Gasteiger partial charge in [-0.1, -0.05) is 13.8 Å². The van der Waals surface area contributed by atoms with E-state index in [0.29, 0.717) is 18.3 Å². The Morgan fingerprint density at radius 2 is 1.94 bits per heavy atom. The normalized spacial score (nSPS) is 52.1.